The van der Waals surface area contributed by atoms with E-state index in [-0.39, 0.29) is 30.1 Å². The van der Waals surface area contributed by atoms with E-state index in [9.17, 15) is 27.5 Å². The van der Waals surface area contributed by atoms with Crippen molar-refractivity contribution in [3.05, 3.63) is 59.4 Å². The number of hydrogen-bond donors (Lipinski definition) is 3. The maximum Gasteiger partial charge on any atom is 0.305 e. The molecule has 0 fully saturated rings. The van der Waals surface area contributed by atoms with Crippen molar-refractivity contribution >= 4 is 27.6 Å². The van der Waals surface area contributed by atoms with E-state index in [2.05, 4.69) is 10.0 Å². The predicted molar refractivity (Wildman–Crippen MR) is 136 cm³/mol. The second-order valence-corrected chi connectivity index (χ2v) is 12.2. The molecule has 8 nitrogen and oxygen atoms in total. The molecule has 0 unspecified atom stereocenters. The molecule has 1 aliphatic rings. The van der Waals surface area contributed by atoms with Crippen LogP contribution in [0.3, 0.4) is 0 Å². The van der Waals surface area contributed by atoms with Crippen molar-refractivity contribution in [1.29, 1.82) is 0 Å². The molecule has 0 bridgehead atoms. The number of fused-ring (bicyclic) bond motifs is 1. The number of benzene rings is 2. The molecule has 2 aromatic carbocycles. The number of carboxylic acids is 1. The van der Waals surface area contributed by atoms with E-state index in [1.165, 1.54) is 24.3 Å². The first-order valence-electron chi connectivity index (χ1n) is 11.9. The lowest BCUT2D eigenvalue weighted by Crippen LogP contribution is -2.53. The maximum absolute atomic E-state index is 13.6. The molecule has 0 aliphatic carbocycles. The Balaban J connectivity index is 1.80. The van der Waals surface area contributed by atoms with Gasteiger partial charge in [0.25, 0.3) is 0 Å². The molecule has 1 amide bonds. The zero-order chi connectivity index (χ0) is 26.7. The summed E-state index contributed by atoms with van der Waals surface area (Å²) in [5.74, 6) is -2.02. The van der Waals surface area contributed by atoms with Crippen LogP contribution in [0.1, 0.15) is 44.7 Å². The van der Waals surface area contributed by atoms with E-state index in [1.54, 1.807) is 25.1 Å². The van der Waals surface area contributed by atoms with Crippen LogP contribution in [0.4, 0.5) is 10.1 Å². The number of carbonyl (C=O) groups is 2. The van der Waals surface area contributed by atoms with Crippen molar-refractivity contribution in [2.75, 3.05) is 18.0 Å². The highest BCUT2D eigenvalue weighted by Crippen LogP contribution is 2.29. The predicted octanol–water partition coefficient (Wildman–Crippen LogP) is 3.24. The van der Waals surface area contributed by atoms with E-state index in [4.69, 9.17) is 0 Å². The Labute approximate surface area is 211 Å². The topological polar surface area (TPSA) is 116 Å². The second kappa shape index (κ2) is 11.0. The standard InChI is InChI=1S/C26H34FN3O5S/c1-17-6-5-7-21(12-17)36(34,35)29-22(15-26(2,3)4)25(33)28-20(14-24(31)32)16-30-11-10-18-13-19(27)8-9-23(18)30/h5-9,12-13,20,22,29H,10-11,14-16H2,1-4H3,(H,28,33)(H,31,32)/t20-,22-/m0/s1. The van der Waals surface area contributed by atoms with Gasteiger partial charge in [-0.2, -0.15) is 4.72 Å². The van der Waals surface area contributed by atoms with Gasteiger partial charge in [0, 0.05) is 18.8 Å². The third-order valence-corrected chi connectivity index (χ3v) is 7.44. The first-order valence-corrected chi connectivity index (χ1v) is 13.4. The Morgan fingerprint density at radius 2 is 1.89 bits per heavy atom. The number of aryl methyl sites for hydroxylation is 1. The van der Waals surface area contributed by atoms with Crippen molar-refractivity contribution < 1.29 is 27.5 Å². The van der Waals surface area contributed by atoms with Crippen LogP contribution in [-0.2, 0) is 26.0 Å². The maximum atomic E-state index is 13.6. The zero-order valence-corrected chi connectivity index (χ0v) is 21.9. The Bertz CT molecular complexity index is 1230. The summed E-state index contributed by atoms with van der Waals surface area (Å²) < 4.78 is 42.3. The molecular weight excluding hydrogens is 485 g/mol. The van der Waals surface area contributed by atoms with Crippen LogP contribution in [0.15, 0.2) is 47.4 Å². The Morgan fingerprint density at radius 1 is 1.17 bits per heavy atom. The minimum absolute atomic E-state index is 0.0530. The smallest absolute Gasteiger partial charge is 0.305 e. The minimum atomic E-state index is -4.00. The lowest BCUT2D eigenvalue weighted by molar-refractivity contribution is -0.137. The first-order chi connectivity index (χ1) is 16.7. The third kappa shape index (κ3) is 7.51. The average molecular weight is 520 g/mol. The van der Waals surface area contributed by atoms with Gasteiger partial charge in [0.1, 0.15) is 11.9 Å². The van der Waals surface area contributed by atoms with Gasteiger partial charge in [0.15, 0.2) is 0 Å². The van der Waals surface area contributed by atoms with Crippen molar-refractivity contribution in [3.8, 4) is 0 Å². The van der Waals surface area contributed by atoms with Crippen LogP contribution in [0, 0.1) is 18.2 Å². The van der Waals surface area contributed by atoms with Gasteiger partial charge >= 0.3 is 5.97 Å². The summed E-state index contributed by atoms with van der Waals surface area (Å²) in [6.07, 6.45) is 0.477. The van der Waals surface area contributed by atoms with Crippen molar-refractivity contribution in [2.24, 2.45) is 5.41 Å². The van der Waals surface area contributed by atoms with Gasteiger partial charge in [-0.1, -0.05) is 32.9 Å². The number of halogens is 1. The Morgan fingerprint density at radius 3 is 2.53 bits per heavy atom. The number of rotatable bonds is 10. The van der Waals surface area contributed by atoms with Crippen LogP contribution in [0.5, 0.6) is 0 Å². The van der Waals surface area contributed by atoms with Crippen molar-refractivity contribution in [1.82, 2.24) is 10.0 Å². The molecule has 3 rings (SSSR count). The molecular formula is C26H34FN3O5S. The molecule has 2 atom stereocenters. The molecule has 1 heterocycles. The lowest BCUT2D eigenvalue weighted by atomic mass is 9.88. The van der Waals surface area contributed by atoms with E-state index in [0.29, 0.717) is 13.0 Å². The van der Waals surface area contributed by atoms with Gasteiger partial charge in [-0.3, -0.25) is 9.59 Å². The van der Waals surface area contributed by atoms with Crippen LogP contribution in [-0.4, -0.2) is 50.6 Å². The molecule has 0 saturated heterocycles. The number of nitrogens with zero attached hydrogens (tertiary/aromatic N) is 1. The summed E-state index contributed by atoms with van der Waals surface area (Å²) in [5.41, 5.74) is 2.00. The number of sulfonamides is 1. The molecule has 1 aliphatic heterocycles. The SMILES string of the molecule is Cc1cccc(S(=O)(=O)N[C@@H](CC(C)(C)C)C(=O)N[C@@H](CC(=O)O)CN2CCc3cc(F)ccc32)c1. The number of nitrogens with one attached hydrogen (secondary N) is 2. The number of carboxylic acid groups (broad SMARTS) is 1. The molecule has 2 aromatic rings. The molecule has 0 aromatic heterocycles. The van der Waals surface area contributed by atoms with E-state index in [1.807, 2.05) is 25.7 Å². The average Bonchev–Trinajstić information content (AvgIpc) is 3.13. The number of aliphatic carboxylic acids is 1. The third-order valence-electron chi connectivity index (χ3n) is 5.97. The molecule has 0 radical (unpaired) electrons. The van der Waals surface area contributed by atoms with Gasteiger partial charge in [0.2, 0.25) is 15.9 Å². The van der Waals surface area contributed by atoms with Gasteiger partial charge < -0.3 is 15.3 Å². The van der Waals surface area contributed by atoms with Crippen molar-refractivity contribution in [3.63, 3.8) is 0 Å². The zero-order valence-electron chi connectivity index (χ0n) is 21.0. The Hall–Kier alpha value is -2.98. The molecule has 3 N–H and O–H groups in total. The summed E-state index contributed by atoms with van der Waals surface area (Å²) in [6, 6.07) is 8.96. The van der Waals surface area contributed by atoms with Gasteiger partial charge in [0.05, 0.1) is 17.4 Å². The second-order valence-electron chi connectivity index (χ2n) is 10.5. The highest BCUT2D eigenvalue weighted by molar-refractivity contribution is 7.89. The summed E-state index contributed by atoms with van der Waals surface area (Å²) in [6.45, 7) is 8.22. The van der Waals surface area contributed by atoms with Gasteiger partial charge in [-0.15, -0.1) is 0 Å². The number of carbonyl (C=O) groups excluding carboxylic acids is 1. The minimum Gasteiger partial charge on any atom is -0.481 e. The van der Waals surface area contributed by atoms with Crippen LogP contribution in [0.2, 0.25) is 0 Å². The van der Waals surface area contributed by atoms with Crippen molar-refractivity contribution in [2.45, 2.75) is 63.9 Å². The fourth-order valence-corrected chi connectivity index (χ4v) is 5.71. The van der Waals surface area contributed by atoms with Crippen LogP contribution >= 0.6 is 0 Å². The van der Waals surface area contributed by atoms with E-state index in [0.717, 1.165) is 16.8 Å². The van der Waals surface area contributed by atoms with Gasteiger partial charge in [-0.05, 0) is 66.6 Å². The highest BCUT2D eigenvalue weighted by atomic mass is 32.2. The van der Waals surface area contributed by atoms with Gasteiger partial charge in [-0.25, -0.2) is 12.8 Å². The summed E-state index contributed by atoms with van der Waals surface area (Å²) in [7, 11) is -4.00. The first kappa shape index (κ1) is 27.6. The number of hydrogen-bond acceptors (Lipinski definition) is 5. The molecule has 36 heavy (non-hydrogen) atoms. The fraction of sp³-hybridized carbons (Fsp3) is 0.462. The van der Waals surface area contributed by atoms with Crippen LogP contribution in [0.25, 0.3) is 0 Å². The summed E-state index contributed by atoms with van der Waals surface area (Å²) in [5, 5.41) is 12.2. The quantitative estimate of drug-likeness (QED) is 0.444. The monoisotopic (exact) mass is 519 g/mol. The number of amides is 1. The van der Waals surface area contributed by atoms with Crippen LogP contribution < -0.4 is 14.9 Å². The normalized spacial score (nSPS) is 15.3. The molecule has 0 saturated carbocycles. The largest absolute Gasteiger partial charge is 0.481 e. The molecule has 0 spiro atoms. The number of anilines is 1. The summed E-state index contributed by atoms with van der Waals surface area (Å²) >= 11 is 0. The van der Waals surface area contributed by atoms with E-state index >= 15 is 0 Å². The van der Waals surface area contributed by atoms with E-state index < -0.39 is 39.4 Å². The summed E-state index contributed by atoms with van der Waals surface area (Å²) in [4.78, 5) is 26.9. The Kier molecular flexibility index (Phi) is 8.40. The highest BCUT2D eigenvalue weighted by Gasteiger charge is 2.32. The molecule has 10 heteroatoms. The fourth-order valence-electron chi connectivity index (χ4n) is 4.41. The lowest BCUT2D eigenvalue weighted by Gasteiger charge is -2.30. The molecule has 196 valence electrons.